The Morgan fingerprint density at radius 3 is 3.00 bits per heavy atom. The van der Waals surface area contributed by atoms with E-state index in [-0.39, 0.29) is 6.61 Å². The van der Waals surface area contributed by atoms with Gasteiger partial charge in [0, 0.05) is 11.3 Å². The summed E-state index contributed by atoms with van der Waals surface area (Å²) in [4.78, 5) is 4.18. The monoisotopic (exact) mass is 220 g/mol. The number of aromatic nitrogens is 2. The van der Waals surface area contributed by atoms with Crippen molar-refractivity contribution in [1.82, 2.24) is 10.1 Å². The van der Waals surface area contributed by atoms with E-state index in [0.717, 1.165) is 11.3 Å². The summed E-state index contributed by atoms with van der Waals surface area (Å²) in [6.45, 7) is 2.07. The van der Waals surface area contributed by atoms with Crippen LogP contribution >= 0.6 is 0 Å². The first-order chi connectivity index (χ1) is 7.79. The van der Waals surface area contributed by atoms with Gasteiger partial charge in [-0.15, -0.1) is 0 Å². The van der Waals surface area contributed by atoms with Crippen molar-refractivity contribution >= 4 is 0 Å². The first-order valence-electron chi connectivity index (χ1n) is 4.88. The third kappa shape index (κ3) is 2.38. The summed E-state index contributed by atoms with van der Waals surface area (Å²) in [5, 5.41) is 12.7. The summed E-state index contributed by atoms with van der Waals surface area (Å²) in [6, 6.07) is 3.63. The van der Waals surface area contributed by atoms with Gasteiger partial charge in [0.05, 0.1) is 12.8 Å². The molecule has 0 aliphatic heterocycles. The molecule has 0 bridgehead atoms. The fraction of sp³-hybridized carbons (Fsp3) is 0.273. The highest BCUT2D eigenvalue weighted by Gasteiger charge is 2.05. The molecule has 84 valence electrons. The lowest BCUT2D eigenvalue weighted by Gasteiger charge is -2.08. The van der Waals surface area contributed by atoms with Crippen LogP contribution in [-0.2, 0) is 13.2 Å². The minimum absolute atomic E-state index is 0.138. The Morgan fingerprint density at radius 2 is 2.31 bits per heavy atom. The van der Waals surface area contributed by atoms with Crippen molar-refractivity contribution in [2.45, 2.75) is 20.1 Å². The fourth-order valence-electron chi connectivity index (χ4n) is 1.30. The van der Waals surface area contributed by atoms with Crippen molar-refractivity contribution in [2.24, 2.45) is 0 Å². The molecular formula is C11H12N2O3. The van der Waals surface area contributed by atoms with Crippen LogP contribution in [0.2, 0.25) is 0 Å². The Kier molecular flexibility index (Phi) is 3.16. The van der Waals surface area contributed by atoms with E-state index in [1.807, 2.05) is 13.0 Å². The van der Waals surface area contributed by atoms with Crippen LogP contribution in [0.5, 0.6) is 5.75 Å². The normalized spacial score (nSPS) is 10.4. The van der Waals surface area contributed by atoms with Crippen molar-refractivity contribution in [1.29, 1.82) is 0 Å². The lowest BCUT2D eigenvalue weighted by molar-refractivity contribution is 0.253. The number of aliphatic hydroxyl groups excluding tert-OH is 1. The van der Waals surface area contributed by atoms with Gasteiger partial charge in [-0.25, -0.2) is 0 Å². The zero-order chi connectivity index (χ0) is 11.4. The summed E-state index contributed by atoms with van der Waals surface area (Å²) < 4.78 is 10.2. The van der Waals surface area contributed by atoms with E-state index >= 15 is 0 Å². The first kappa shape index (κ1) is 10.6. The molecule has 0 saturated carbocycles. The number of hydrogen-bond donors (Lipinski definition) is 1. The van der Waals surface area contributed by atoms with Crippen LogP contribution < -0.4 is 4.74 Å². The van der Waals surface area contributed by atoms with Gasteiger partial charge in [0.1, 0.15) is 24.3 Å². The molecule has 0 atom stereocenters. The topological polar surface area (TPSA) is 68.4 Å². The van der Waals surface area contributed by atoms with Crippen LogP contribution in [0.4, 0.5) is 0 Å². The molecule has 0 spiro atoms. The largest absolute Gasteiger partial charge is 0.487 e. The van der Waals surface area contributed by atoms with E-state index < -0.39 is 0 Å². The zero-order valence-electron chi connectivity index (χ0n) is 8.88. The summed E-state index contributed by atoms with van der Waals surface area (Å²) in [5.41, 5.74) is 2.22. The van der Waals surface area contributed by atoms with E-state index in [4.69, 9.17) is 9.84 Å². The molecule has 5 heteroatoms. The summed E-state index contributed by atoms with van der Waals surface area (Å²) in [5.74, 6) is 0.578. The fourth-order valence-corrected chi connectivity index (χ4v) is 1.30. The quantitative estimate of drug-likeness (QED) is 0.844. The first-order valence-corrected chi connectivity index (χ1v) is 4.88. The highest BCUT2D eigenvalue weighted by Crippen LogP contribution is 2.18. The van der Waals surface area contributed by atoms with Gasteiger partial charge < -0.3 is 14.4 Å². The molecule has 2 rings (SSSR count). The maximum absolute atomic E-state index is 9.13. The second-order valence-corrected chi connectivity index (χ2v) is 3.38. The number of aryl methyl sites for hydroxylation is 1. The van der Waals surface area contributed by atoms with E-state index in [2.05, 4.69) is 14.7 Å². The molecule has 1 N–H and O–H groups in total. The number of aliphatic hydroxyl groups is 1. The van der Waals surface area contributed by atoms with Gasteiger partial charge >= 0.3 is 0 Å². The molecule has 0 fully saturated rings. The average molecular weight is 220 g/mol. The van der Waals surface area contributed by atoms with Crippen LogP contribution in [0, 0.1) is 6.92 Å². The van der Waals surface area contributed by atoms with Gasteiger partial charge in [-0.2, -0.15) is 0 Å². The molecule has 2 aromatic heterocycles. The molecule has 0 aromatic carbocycles. The van der Waals surface area contributed by atoms with Gasteiger partial charge in [0.2, 0.25) is 0 Å². The number of rotatable bonds is 4. The number of nitrogens with zero attached hydrogens (tertiary/aromatic N) is 2. The van der Waals surface area contributed by atoms with Crippen molar-refractivity contribution < 1.29 is 14.4 Å². The van der Waals surface area contributed by atoms with Gasteiger partial charge in [-0.05, 0) is 19.1 Å². The molecule has 16 heavy (non-hydrogen) atoms. The van der Waals surface area contributed by atoms with Gasteiger partial charge in [0.25, 0.3) is 0 Å². The molecule has 0 aliphatic rings. The molecule has 0 unspecified atom stereocenters. The zero-order valence-corrected chi connectivity index (χ0v) is 8.88. The minimum atomic E-state index is -0.138. The maximum Gasteiger partial charge on any atom is 0.143 e. The second-order valence-electron chi connectivity index (χ2n) is 3.38. The second kappa shape index (κ2) is 4.76. The average Bonchev–Trinajstić information content (AvgIpc) is 2.80. The molecule has 0 aliphatic carbocycles. The van der Waals surface area contributed by atoms with E-state index in [9.17, 15) is 0 Å². The number of hydrogen-bond acceptors (Lipinski definition) is 5. The predicted octanol–water partition coefficient (Wildman–Crippen LogP) is 1.45. The summed E-state index contributed by atoms with van der Waals surface area (Å²) in [6.07, 6.45) is 3.10. The van der Waals surface area contributed by atoms with Crippen molar-refractivity contribution in [3.05, 3.63) is 41.5 Å². The van der Waals surface area contributed by atoms with E-state index in [0.29, 0.717) is 18.1 Å². The Bertz CT molecular complexity index is 454. The maximum atomic E-state index is 9.13. The molecule has 0 amide bonds. The molecule has 2 heterocycles. The van der Waals surface area contributed by atoms with Gasteiger partial charge in [0.15, 0.2) is 0 Å². The molecule has 5 nitrogen and oxygen atoms in total. The lowest BCUT2D eigenvalue weighted by atomic mass is 10.3. The van der Waals surface area contributed by atoms with Crippen LogP contribution in [0.3, 0.4) is 0 Å². The third-order valence-corrected chi connectivity index (χ3v) is 2.10. The van der Waals surface area contributed by atoms with E-state index in [1.165, 1.54) is 6.26 Å². The Balaban J connectivity index is 2.09. The number of pyridine rings is 1. The number of ether oxygens (including phenoxy) is 1. The van der Waals surface area contributed by atoms with Crippen LogP contribution in [0.25, 0.3) is 0 Å². The van der Waals surface area contributed by atoms with Crippen molar-refractivity contribution in [2.75, 3.05) is 0 Å². The van der Waals surface area contributed by atoms with E-state index in [1.54, 1.807) is 12.3 Å². The predicted molar refractivity (Wildman–Crippen MR) is 55.7 cm³/mol. The summed E-state index contributed by atoms with van der Waals surface area (Å²) in [7, 11) is 0. The van der Waals surface area contributed by atoms with Gasteiger partial charge in [-0.1, -0.05) is 5.16 Å². The van der Waals surface area contributed by atoms with Crippen molar-refractivity contribution in [3.8, 4) is 5.75 Å². The highest BCUT2D eigenvalue weighted by atomic mass is 16.5. The van der Waals surface area contributed by atoms with Crippen LogP contribution in [0.15, 0.2) is 29.1 Å². The minimum Gasteiger partial charge on any atom is -0.487 e. The Morgan fingerprint density at radius 1 is 1.44 bits per heavy atom. The third-order valence-electron chi connectivity index (χ3n) is 2.10. The SMILES string of the molecule is Cc1ccc(OCc2cnoc2)c(CO)n1. The smallest absolute Gasteiger partial charge is 0.143 e. The van der Waals surface area contributed by atoms with Crippen molar-refractivity contribution in [3.63, 3.8) is 0 Å². The standard InChI is InChI=1S/C11H12N2O3/c1-8-2-3-11(10(5-14)13-8)15-6-9-4-12-16-7-9/h2-4,7,14H,5-6H2,1H3. The molecule has 2 aromatic rings. The Hall–Kier alpha value is -1.88. The molecule has 0 radical (unpaired) electrons. The highest BCUT2D eigenvalue weighted by molar-refractivity contribution is 5.28. The summed E-state index contributed by atoms with van der Waals surface area (Å²) >= 11 is 0. The van der Waals surface area contributed by atoms with Crippen LogP contribution in [0.1, 0.15) is 17.0 Å². The van der Waals surface area contributed by atoms with Gasteiger partial charge in [-0.3, -0.25) is 4.98 Å². The molecule has 0 saturated heterocycles. The van der Waals surface area contributed by atoms with Crippen LogP contribution in [-0.4, -0.2) is 15.2 Å². The molecular weight excluding hydrogens is 208 g/mol. The Labute approximate surface area is 92.7 Å². The lowest BCUT2D eigenvalue weighted by Crippen LogP contribution is -2.00.